The standard InChI is InChI=1S/C64H107NO8/c1-3-5-7-9-11-13-15-17-19-21-23-25-27-29-31-33-35-37-39-41-43-45-47-49-51-53-58(67)57(56-72-64-63(71)62(70)61(69)59(55-66)73-64)65-60(68)54-52-50-48-46-44-42-40-38-36-34-32-30-28-26-24-22-20-18-16-14-12-10-8-6-4-2/h6,8,12,14,18,20,24,26,30,32,35-38,42-45,51,53,57-59,61-64,66-67,69-71H,3-5,7,9-11,13,15-17,19,21-23,25,27-29,31,33-34,39-41,46-50,52,54-56H2,1-2H3,(H,65,68)/b8-6-,14-12-,20-18-,26-24-,32-30-,37-35+,38-36-,44-42-,45-43+,53-51+. The molecule has 0 aromatic carbocycles. The third kappa shape index (κ3) is 41.5. The monoisotopic (exact) mass is 1020 g/mol. The molecule has 7 unspecified atom stereocenters. The van der Waals surface area contributed by atoms with Crippen LogP contribution in [0.15, 0.2) is 122 Å². The maximum Gasteiger partial charge on any atom is 0.220 e. The molecule has 0 spiro atoms. The molecule has 1 saturated heterocycles. The normalized spacial score (nSPS) is 20.0. The number of hydrogen-bond donors (Lipinski definition) is 6. The highest BCUT2D eigenvalue weighted by atomic mass is 16.7. The summed E-state index contributed by atoms with van der Waals surface area (Å²) in [4.78, 5) is 13.0. The minimum Gasteiger partial charge on any atom is -0.394 e. The molecule has 1 aliphatic heterocycles. The van der Waals surface area contributed by atoms with Gasteiger partial charge in [-0.05, 0) is 103 Å². The predicted octanol–water partition coefficient (Wildman–Crippen LogP) is 14.7. The predicted molar refractivity (Wildman–Crippen MR) is 308 cm³/mol. The van der Waals surface area contributed by atoms with Crippen LogP contribution in [0.25, 0.3) is 0 Å². The molecule has 9 heteroatoms. The smallest absolute Gasteiger partial charge is 0.220 e. The minimum atomic E-state index is -1.59. The van der Waals surface area contributed by atoms with Crippen molar-refractivity contribution in [1.82, 2.24) is 5.32 Å². The van der Waals surface area contributed by atoms with Crippen molar-refractivity contribution in [2.75, 3.05) is 13.2 Å². The molecule has 0 saturated carbocycles. The van der Waals surface area contributed by atoms with Crippen LogP contribution in [0, 0.1) is 0 Å². The Labute approximate surface area is 446 Å². The van der Waals surface area contributed by atoms with E-state index >= 15 is 0 Å². The Hall–Kier alpha value is -3.41. The Balaban J connectivity index is 2.32. The van der Waals surface area contributed by atoms with Crippen LogP contribution >= 0.6 is 0 Å². The maximum atomic E-state index is 13.0. The van der Waals surface area contributed by atoms with E-state index in [1.807, 2.05) is 6.08 Å². The molecular formula is C64H107NO8. The number of aliphatic hydroxyl groups excluding tert-OH is 5. The first-order chi connectivity index (χ1) is 35.8. The number of amides is 1. The highest BCUT2D eigenvalue weighted by Gasteiger charge is 2.44. The number of rotatable bonds is 48. The van der Waals surface area contributed by atoms with Crippen LogP contribution in [0.4, 0.5) is 0 Å². The fourth-order valence-corrected chi connectivity index (χ4v) is 8.40. The van der Waals surface area contributed by atoms with Gasteiger partial charge in [-0.2, -0.15) is 0 Å². The molecule has 1 amide bonds. The van der Waals surface area contributed by atoms with Crippen LogP contribution in [-0.4, -0.2) is 87.5 Å². The third-order valence-corrected chi connectivity index (χ3v) is 13.0. The summed E-state index contributed by atoms with van der Waals surface area (Å²) in [6.45, 7) is 3.62. The van der Waals surface area contributed by atoms with Crippen molar-refractivity contribution in [3.63, 3.8) is 0 Å². The largest absolute Gasteiger partial charge is 0.394 e. The lowest BCUT2D eigenvalue weighted by molar-refractivity contribution is -0.302. The molecule has 0 radical (unpaired) electrons. The van der Waals surface area contributed by atoms with E-state index in [1.165, 1.54) is 96.3 Å². The fourth-order valence-electron chi connectivity index (χ4n) is 8.40. The second kappa shape index (κ2) is 52.0. The van der Waals surface area contributed by atoms with Gasteiger partial charge in [-0.1, -0.05) is 232 Å². The summed E-state index contributed by atoms with van der Waals surface area (Å²) < 4.78 is 11.2. The number of carbonyl (C=O) groups excluding carboxylic acids is 1. The summed E-state index contributed by atoms with van der Waals surface area (Å²) in [7, 11) is 0. The molecule has 0 bridgehead atoms. The van der Waals surface area contributed by atoms with Gasteiger partial charge < -0.3 is 40.3 Å². The summed E-state index contributed by atoms with van der Waals surface area (Å²) >= 11 is 0. The number of hydrogen-bond acceptors (Lipinski definition) is 8. The molecule has 73 heavy (non-hydrogen) atoms. The second-order valence-corrected chi connectivity index (χ2v) is 19.7. The van der Waals surface area contributed by atoms with Gasteiger partial charge in [0.2, 0.25) is 5.91 Å². The summed E-state index contributed by atoms with van der Waals surface area (Å²) in [5.41, 5.74) is 0. The maximum absolute atomic E-state index is 13.0. The number of ether oxygens (including phenoxy) is 2. The lowest BCUT2D eigenvalue weighted by Crippen LogP contribution is -2.60. The van der Waals surface area contributed by atoms with Crippen molar-refractivity contribution in [3.05, 3.63) is 122 Å². The van der Waals surface area contributed by atoms with E-state index in [9.17, 15) is 30.3 Å². The number of carbonyl (C=O) groups is 1. The lowest BCUT2D eigenvalue weighted by atomic mass is 9.99. The first-order valence-corrected chi connectivity index (χ1v) is 29.3. The minimum absolute atomic E-state index is 0.227. The average molecular weight is 1020 g/mol. The van der Waals surface area contributed by atoms with Gasteiger partial charge in [-0.15, -0.1) is 0 Å². The van der Waals surface area contributed by atoms with Gasteiger partial charge in [-0.25, -0.2) is 0 Å². The zero-order valence-corrected chi connectivity index (χ0v) is 46.1. The summed E-state index contributed by atoms with van der Waals surface area (Å²) in [5, 5.41) is 54.5. The van der Waals surface area contributed by atoms with Crippen molar-refractivity contribution in [3.8, 4) is 0 Å². The molecule has 1 aliphatic rings. The summed E-state index contributed by atoms with van der Waals surface area (Å²) in [5.74, 6) is -0.227. The van der Waals surface area contributed by atoms with Gasteiger partial charge in [0.05, 0.1) is 25.4 Å². The van der Waals surface area contributed by atoms with Gasteiger partial charge >= 0.3 is 0 Å². The Morgan fingerprint density at radius 2 is 0.863 bits per heavy atom. The second-order valence-electron chi connectivity index (χ2n) is 19.7. The molecule has 0 aliphatic carbocycles. The Morgan fingerprint density at radius 1 is 0.479 bits per heavy atom. The van der Waals surface area contributed by atoms with E-state index in [0.29, 0.717) is 12.8 Å². The Kier molecular flexibility index (Phi) is 48.2. The summed E-state index contributed by atoms with van der Waals surface area (Å²) in [6.07, 6.45) is 71.2. The van der Waals surface area contributed by atoms with E-state index in [1.54, 1.807) is 6.08 Å². The zero-order valence-electron chi connectivity index (χ0n) is 46.1. The van der Waals surface area contributed by atoms with Crippen molar-refractivity contribution in [2.24, 2.45) is 0 Å². The molecule has 416 valence electrons. The molecule has 0 aromatic rings. The van der Waals surface area contributed by atoms with E-state index in [2.05, 4.69) is 129 Å². The molecule has 1 rings (SSSR count). The average Bonchev–Trinajstić information content (AvgIpc) is 3.39. The first kappa shape index (κ1) is 67.6. The first-order valence-electron chi connectivity index (χ1n) is 29.3. The number of unbranched alkanes of at least 4 members (excludes halogenated alkanes) is 20. The van der Waals surface area contributed by atoms with E-state index in [4.69, 9.17) is 9.47 Å². The van der Waals surface area contributed by atoms with Crippen molar-refractivity contribution < 1.29 is 39.8 Å². The molecule has 6 N–H and O–H groups in total. The van der Waals surface area contributed by atoms with Crippen molar-refractivity contribution >= 4 is 5.91 Å². The van der Waals surface area contributed by atoms with E-state index in [0.717, 1.165) is 89.9 Å². The van der Waals surface area contributed by atoms with Gasteiger partial charge in [-0.3, -0.25) is 4.79 Å². The number of nitrogens with one attached hydrogen (secondary N) is 1. The highest BCUT2D eigenvalue weighted by Crippen LogP contribution is 2.23. The van der Waals surface area contributed by atoms with Crippen LogP contribution in [0.3, 0.4) is 0 Å². The topological polar surface area (TPSA) is 149 Å². The van der Waals surface area contributed by atoms with Crippen LogP contribution in [0.1, 0.15) is 219 Å². The number of allylic oxidation sites excluding steroid dienone is 19. The van der Waals surface area contributed by atoms with E-state index < -0.39 is 49.5 Å². The molecular weight excluding hydrogens is 911 g/mol. The van der Waals surface area contributed by atoms with Crippen molar-refractivity contribution in [2.45, 2.75) is 262 Å². The third-order valence-electron chi connectivity index (χ3n) is 13.0. The number of aliphatic hydroxyl groups is 5. The lowest BCUT2D eigenvalue weighted by Gasteiger charge is -2.40. The van der Waals surface area contributed by atoms with Crippen LogP contribution in [-0.2, 0) is 14.3 Å². The fraction of sp³-hybridized carbons (Fsp3) is 0.672. The molecule has 1 fully saturated rings. The van der Waals surface area contributed by atoms with Gasteiger partial charge in [0.1, 0.15) is 24.4 Å². The Morgan fingerprint density at radius 3 is 1.32 bits per heavy atom. The molecule has 9 nitrogen and oxygen atoms in total. The van der Waals surface area contributed by atoms with Gasteiger partial charge in [0.25, 0.3) is 0 Å². The van der Waals surface area contributed by atoms with E-state index in [-0.39, 0.29) is 18.9 Å². The molecule has 0 aromatic heterocycles. The highest BCUT2D eigenvalue weighted by molar-refractivity contribution is 5.76. The molecule has 7 atom stereocenters. The molecule has 1 heterocycles. The van der Waals surface area contributed by atoms with Gasteiger partial charge in [0.15, 0.2) is 6.29 Å². The van der Waals surface area contributed by atoms with Crippen LogP contribution in [0.2, 0.25) is 0 Å². The Bertz CT molecular complexity index is 1560. The van der Waals surface area contributed by atoms with Gasteiger partial charge in [0, 0.05) is 6.42 Å². The zero-order chi connectivity index (χ0) is 52.9. The SMILES string of the molecule is CC/C=C\C/C=C\C/C=C\C/C=C\C/C=C\C/C=C\C/C=C\CCCCCC(=O)NC(COC1OC(CO)C(O)C(O)C1O)C(O)/C=C/CC/C=C/CC/C=C/CCCCCCCCCCCCCCCCC. The van der Waals surface area contributed by atoms with Crippen LogP contribution < -0.4 is 5.32 Å². The van der Waals surface area contributed by atoms with Crippen molar-refractivity contribution in [1.29, 1.82) is 0 Å². The summed E-state index contributed by atoms with van der Waals surface area (Å²) in [6, 6.07) is -0.857. The van der Waals surface area contributed by atoms with Crippen LogP contribution in [0.5, 0.6) is 0 Å². The quantitative estimate of drug-likeness (QED) is 0.0261.